The first kappa shape index (κ1) is 17.5. The summed E-state index contributed by atoms with van der Waals surface area (Å²) in [6.07, 6.45) is 6.02. The number of carbonyl (C=O) groups excluding carboxylic acids is 1. The van der Waals surface area contributed by atoms with Crippen molar-refractivity contribution in [2.24, 2.45) is 11.8 Å². The van der Waals surface area contributed by atoms with Crippen molar-refractivity contribution in [1.82, 2.24) is 5.32 Å². The predicted molar refractivity (Wildman–Crippen MR) is 95.8 cm³/mol. The molecule has 0 heterocycles. The SMILES string of the molecule is O=C(O)C1CCC(C(=O)NCC2(c3cccc(Br)c3)CCC2)CC1. The average molecular weight is 394 g/mol. The number of carbonyl (C=O) groups is 2. The van der Waals surface area contributed by atoms with E-state index in [1.54, 1.807) is 0 Å². The van der Waals surface area contributed by atoms with Gasteiger partial charge in [-0.15, -0.1) is 0 Å². The molecule has 2 aliphatic rings. The van der Waals surface area contributed by atoms with Gasteiger partial charge in [0.2, 0.25) is 5.91 Å². The Labute approximate surface area is 151 Å². The molecular weight excluding hydrogens is 370 g/mol. The summed E-state index contributed by atoms with van der Waals surface area (Å²) >= 11 is 3.53. The van der Waals surface area contributed by atoms with Gasteiger partial charge < -0.3 is 10.4 Å². The van der Waals surface area contributed by atoms with Gasteiger partial charge in [0.05, 0.1) is 5.92 Å². The molecule has 130 valence electrons. The van der Waals surface area contributed by atoms with Gasteiger partial charge in [0, 0.05) is 22.4 Å². The quantitative estimate of drug-likeness (QED) is 0.797. The Kier molecular flexibility index (Phi) is 5.28. The van der Waals surface area contributed by atoms with Gasteiger partial charge in [-0.3, -0.25) is 9.59 Å². The Morgan fingerprint density at radius 2 is 1.83 bits per heavy atom. The Morgan fingerprint density at radius 3 is 2.38 bits per heavy atom. The average Bonchev–Trinajstić information content (AvgIpc) is 2.54. The highest BCUT2D eigenvalue weighted by molar-refractivity contribution is 9.10. The number of hydrogen-bond donors (Lipinski definition) is 2. The van der Waals surface area contributed by atoms with Crippen molar-refractivity contribution in [3.63, 3.8) is 0 Å². The molecule has 2 N–H and O–H groups in total. The number of carboxylic acid groups (broad SMARTS) is 1. The second-order valence-corrected chi connectivity index (χ2v) is 8.16. The first-order valence-corrected chi connectivity index (χ1v) is 9.56. The Balaban J connectivity index is 1.56. The number of benzene rings is 1. The number of aliphatic carboxylic acids is 1. The van der Waals surface area contributed by atoms with Crippen LogP contribution in [0.5, 0.6) is 0 Å². The molecule has 0 radical (unpaired) electrons. The van der Waals surface area contributed by atoms with Crippen molar-refractivity contribution < 1.29 is 14.7 Å². The second kappa shape index (κ2) is 7.26. The Hall–Kier alpha value is -1.36. The number of hydrogen-bond acceptors (Lipinski definition) is 2. The second-order valence-electron chi connectivity index (χ2n) is 7.25. The maximum atomic E-state index is 12.5. The van der Waals surface area contributed by atoms with Crippen molar-refractivity contribution in [3.05, 3.63) is 34.3 Å². The van der Waals surface area contributed by atoms with E-state index < -0.39 is 5.97 Å². The summed E-state index contributed by atoms with van der Waals surface area (Å²) in [4.78, 5) is 23.5. The molecule has 2 aliphatic carbocycles. The lowest BCUT2D eigenvalue weighted by atomic mass is 9.64. The predicted octanol–water partition coefficient (Wildman–Crippen LogP) is 3.88. The van der Waals surface area contributed by atoms with Gasteiger partial charge in [-0.2, -0.15) is 0 Å². The third-order valence-electron chi connectivity index (χ3n) is 5.80. The number of rotatable bonds is 5. The topological polar surface area (TPSA) is 66.4 Å². The summed E-state index contributed by atoms with van der Waals surface area (Å²) in [5.41, 5.74) is 1.36. The number of carboxylic acids is 1. The van der Waals surface area contributed by atoms with E-state index in [0.717, 1.165) is 17.3 Å². The maximum Gasteiger partial charge on any atom is 0.306 e. The van der Waals surface area contributed by atoms with Crippen LogP contribution in [0.1, 0.15) is 50.5 Å². The summed E-state index contributed by atoms with van der Waals surface area (Å²) in [6.45, 7) is 0.682. The Morgan fingerprint density at radius 1 is 1.17 bits per heavy atom. The minimum absolute atomic E-state index is 0.0276. The van der Waals surface area contributed by atoms with E-state index in [9.17, 15) is 9.59 Å². The molecule has 24 heavy (non-hydrogen) atoms. The molecular formula is C19H24BrNO3. The van der Waals surface area contributed by atoms with Crippen LogP contribution in [0.25, 0.3) is 0 Å². The van der Waals surface area contributed by atoms with E-state index in [-0.39, 0.29) is 23.2 Å². The molecule has 1 amide bonds. The van der Waals surface area contributed by atoms with Crippen LogP contribution in [-0.4, -0.2) is 23.5 Å². The highest BCUT2D eigenvalue weighted by Gasteiger charge is 2.39. The van der Waals surface area contributed by atoms with Crippen molar-refractivity contribution in [2.45, 2.75) is 50.4 Å². The van der Waals surface area contributed by atoms with Crippen LogP contribution in [0.4, 0.5) is 0 Å². The molecule has 2 fully saturated rings. The van der Waals surface area contributed by atoms with Gasteiger partial charge in [-0.05, 0) is 56.2 Å². The molecule has 2 saturated carbocycles. The molecule has 5 heteroatoms. The van der Waals surface area contributed by atoms with Crippen LogP contribution in [0.15, 0.2) is 28.7 Å². The zero-order valence-corrected chi connectivity index (χ0v) is 15.3. The minimum atomic E-state index is -0.725. The van der Waals surface area contributed by atoms with Crippen LogP contribution in [0.2, 0.25) is 0 Å². The summed E-state index contributed by atoms with van der Waals surface area (Å²) in [5.74, 6) is -0.925. The third-order valence-corrected chi connectivity index (χ3v) is 6.29. The lowest BCUT2D eigenvalue weighted by Gasteiger charge is -2.43. The van der Waals surface area contributed by atoms with Crippen LogP contribution in [0.3, 0.4) is 0 Å². The Bertz CT molecular complexity index is 619. The highest BCUT2D eigenvalue weighted by Crippen LogP contribution is 2.44. The summed E-state index contributed by atoms with van der Waals surface area (Å²) in [6, 6.07) is 8.38. The minimum Gasteiger partial charge on any atom is -0.481 e. The third kappa shape index (κ3) is 3.66. The van der Waals surface area contributed by atoms with Crippen molar-refractivity contribution in [2.75, 3.05) is 6.54 Å². The molecule has 0 atom stereocenters. The van der Waals surface area contributed by atoms with Gasteiger partial charge in [0.1, 0.15) is 0 Å². The molecule has 4 nitrogen and oxygen atoms in total. The molecule has 1 aromatic rings. The first-order valence-electron chi connectivity index (χ1n) is 8.77. The van der Waals surface area contributed by atoms with Crippen molar-refractivity contribution in [3.8, 4) is 0 Å². The number of nitrogens with one attached hydrogen (secondary N) is 1. The largest absolute Gasteiger partial charge is 0.481 e. The van der Waals surface area contributed by atoms with E-state index in [1.807, 2.05) is 6.07 Å². The summed E-state index contributed by atoms with van der Waals surface area (Å²) < 4.78 is 1.07. The van der Waals surface area contributed by atoms with Crippen LogP contribution in [0, 0.1) is 11.8 Å². The summed E-state index contributed by atoms with van der Waals surface area (Å²) in [7, 11) is 0. The molecule has 0 spiro atoms. The highest BCUT2D eigenvalue weighted by atomic mass is 79.9. The molecule has 0 saturated heterocycles. The fourth-order valence-corrected chi connectivity index (χ4v) is 4.39. The number of amides is 1. The van der Waals surface area contributed by atoms with E-state index >= 15 is 0 Å². The lowest BCUT2D eigenvalue weighted by Crippen LogP contribution is -2.47. The van der Waals surface area contributed by atoms with Gasteiger partial charge in [-0.25, -0.2) is 0 Å². The first-order chi connectivity index (χ1) is 11.5. The fraction of sp³-hybridized carbons (Fsp3) is 0.579. The summed E-state index contributed by atoms with van der Waals surface area (Å²) in [5, 5.41) is 12.2. The van der Waals surface area contributed by atoms with Crippen LogP contribution < -0.4 is 5.32 Å². The molecule has 0 bridgehead atoms. The van der Waals surface area contributed by atoms with Crippen LogP contribution in [-0.2, 0) is 15.0 Å². The molecule has 0 unspecified atom stereocenters. The smallest absolute Gasteiger partial charge is 0.306 e. The molecule has 3 rings (SSSR count). The lowest BCUT2D eigenvalue weighted by molar-refractivity contribution is -0.144. The maximum absolute atomic E-state index is 12.5. The van der Waals surface area contributed by atoms with E-state index in [2.05, 4.69) is 39.4 Å². The monoisotopic (exact) mass is 393 g/mol. The normalized spacial score (nSPS) is 25.5. The van der Waals surface area contributed by atoms with E-state index in [4.69, 9.17) is 5.11 Å². The molecule has 0 aliphatic heterocycles. The standard InChI is InChI=1S/C19H24BrNO3/c20-16-4-1-3-15(11-16)19(9-2-10-19)12-21-17(22)13-5-7-14(8-6-13)18(23)24/h1,3-4,11,13-14H,2,5-10,12H2,(H,21,22)(H,23,24). The molecule has 1 aromatic carbocycles. The van der Waals surface area contributed by atoms with Crippen LogP contribution >= 0.6 is 15.9 Å². The number of halogens is 1. The van der Waals surface area contributed by atoms with Gasteiger partial charge >= 0.3 is 5.97 Å². The zero-order valence-electron chi connectivity index (χ0n) is 13.8. The van der Waals surface area contributed by atoms with Crippen molar-refractivity contribution >= 4 is 27.8 Å². The fourth-order valence-electron chi connectivity index (χ4n) is 3.99. The molecule has 0 aromatic heterocycles. The van der Waals surface area contributed by atoms with E-state index in [0.29, 0.717) is 32.2 Å². The van der Waals surface area contributed by atoms with Gasteiger partial charge in [-0.1, -0.05) is 34.5 Å². The van der Waals surface area contributed by atoms with E-state index in [1.165, 1.54) is 12.0 Å². The zero-order chi connectivity index (χ0) is 17.2. The van der Waals surface area contributed by atoms with Gasteiger partial charge in [0.15, 0.2) is 0 Å². The van der Waals surface area contributed by atoms with Crippen molar-refractivity contribution in [1.29, 1.82) is 0 Å². The van der Waals surface area contributed by atoms with Gasteiger partial charge in [0.25, 0.3) is 0 Å².